The zero-order valence-corrected chi connectivity index (χ0v) is 20.6. The van der Waals surface area contributed by atoms with Crippen molar-refractivity contribution in [1.29, 1.82) is 0 Å². The summed E-state index contributed by atoms with van der Waals surface area (Å²) in [7, 11) is 0. The van der Waals surface area contributed by atoms with Crippen molar-refractivity contribution < 1.29 is 19.1 Å². The van der Waals surface area contributed by atoms with Gasteiger partial charge in [0.2, 0.25) is 11.8 Å². The maximum atomic E-state index is 12.5. The number of ether oxygens (including phenoxy) is 1. The van der Waals surface area contributed by atoms with E-state index in [1.165, 1.54) is 0 Å². The van der Waals surface area contributed by atoms with Crippen LogP contribution in [0.2, 0.25) is 0 Å². The first-order valence-corrected chi connectivity index (χ1v) is 12.1. The lowest BCUT2D eigenvalue weighted by Gasteiger charge is -2.17. The lowest BCUT2D eigenvalue weighted by atomic mass is 10.1. The van der Waals surface area contributed by atoms with Crippen LogP contribution < -0.4 is 20.3 Å². The van der Waals surface area contributed by atoms with Gasteiger partial charge in [-0.3, -0.25) is 14.4 Å². The van der Waals surface area contributed by atoms with Gasteiger partial charge in [-0.2, -0.15) is 0 Å². The van der Waals surface area contributed by atoms with Crippen LogP contribution in [0.5, 0.6) is 5.75 Å². The minimum Gasteiger partial charge on any atom is -0.484 e. The Morgan fingerprint density at radius 3 is 2.60 bits per heavy atom. The molecule has 2 aromatic carbocycles. The number of halogens is 1. The lowest BCUT2D eigenvalue weighted by molar-refractivity contribution is -0.126. The number of carbonyl (C=O) groups excluding carboxylic acids is 3. The summed E-state index contributed by atoms with van der Waals surface area (Å²) in [5, 5.41) is 5.69. The van der Waals surface area contributed by atoms with Crippen molar-refractivity contribution in [3.05, 3.63) is 71.7 Å². The molecule has 0 unspecified atom stereocenters. The van der Waals surface area contributed by atoms with Crippen LogP contribution in [0.25, 0.3) is 0 Å². The minimum atomic E-state index is -0.381. The fourth-order valence-electron chi connectivity index (χ4n) is 3.77. The highest BCUT2D eigenvalue weighted by atomic mass is 79.9. The zero-order chi connectivity index (χ0) is 24.6. The van der Waals surface area contributed by atoms with Gasteiger partial charge in [0.15, 0.2) is 6.61 Å². The minimum absolute atomic E-state index is 0.0916. The molecule has 0 aliphatic carbocycles. The van der Waals surface area contributed by atoms with Gasteiger partial charge in [0.25, 0.3) is 5.91 Å². The van der Waals surface area contributed by atoms with Crippen molar-refractivity contribution >= 4 is 45.0 Å². The van der Waals surface area contributed by atoms with Crippen molar-refractivity contribution in [3.8, 4) is 5.75 Å². The molecule has 4 rings (SSSR count). The van der Waals surface area contributed by atoms with Gasteiger partial charge in [0.1, 0.15) is 5.75 Å². The smallest absolute Gasteiger partial charge is 0.262 e. The van der Waals surface area contributed by atoms with Gasteiger partial charge in [0.05, 0.1) is 12.2 Å². The third-order valence-electron chi connectivity index (χ3n) is 5.59. The first-order chi connectivity index (χ1) is 17.0. The maximum Gasteiger partial charge on any atom is 0.262 e. The second-order valence-electron chi connectivity index (χ2n) is 8.19. The molecule has 1 aromatic heterocycles. The second-order valence-corrected chi connectivity index (χ2v) is 9.10. The number of rotatable bonds is 10. The Balaban J connectivity index is 1.21. The Labute approximate surface area is 211 Å². The van der Waals surface area contributed by atoms with Crippen molar-refractivity contribution in [2.75, 3.05) is 29.9 Å². The molecule has 0 radical (unpaired) electrons. The van der Waals surface area contributed by atoms with Gasteiger partial charge < -0.3 is 24.8 Å². The summed E-state index contributed by atoms with van der Waals surface area (Å²) in [6.45, 7) is 1.52. The number of amides is 3. The summed E-state index contributed by atoms with van der Waals surface area (Å²) < 4.78 is 8.44. The Morgan fingerprint density at radius 1 is 1.11 bits per heavy atom. The quantitative estimate of drug-likeness (QED) is 0.385. The SMILES string of the molecule is O=C(COc1ccc(N2C[C@H](C(=O)NCCCn3ccnc3)CC2=O)cc1)Nc1ccc(Br)cc1. The number of benzene rings is 2. The number of hydrogen-bond donors (Lipinski definition) is 2. The molecule has 35 heavy (non-hydrogen) atoms. The van der Waals surface area contributed by atoms with Crippen LogP contribution in [0, 0.1) is 5.92 Å². The van der Waals surface area contributed by atoms with Crippen molar-refractivity contribution in [2.24, 2.45) is 5.92 Å². The van der Waals surface area contributed by atoms with Gasteiger partial charge in [-0.25, -0.2) is 4.98 Å². The highest BCUT2D eigenvalue weighted by Crippen LogP contribution is 2.27. The molecular weight excluding hydrogens is 514 g/mol. The lowest BCUT2D eigenvalue weighted by Crippen LogP contribution is -2.33. The molecule has 182 valence electrons. The molecule has 2 heterocycles. The molecule has 0 bridgehead atoms. The van der Waals surface area contributed by atoms with Crippen LogP contribution in [-0.4, -0.2) is 47.0 Å². The fourth-order valence-corrected chi connectivity index (χ4v) is 4.04. The Kier molecular flexibility index (Phi) is 8.15. The zero-order valence-electron chi connectivity index (χ0n) is 19.0. The number of aryl methyl sites for hydroxylation is 1. The van der Waals surface area contributed by atoms with E-state index in [2.05, 4.69) is 31.5 Å². The Hall–Kier alpha value is -3.66. The van der Waals surface area contributed by atoms with Crippen LogP contribution in [-0.2, 0) is 20.9 Å². The average molecular weight is 540 g/mol. The molecule has 2 N–H and O–H groups in total. The summed E-state index contributed by atoms with van der Waals surface area (Å²) in [5.41, 5.74) is 1.37. The molecule has 1 aliphatic rings. The predicted octanol–water partition coefficient (Wildman–Crippen LogP) is 3.22. The first kappa shape index (κ1) is 24.5. The van der Waals surface area contributed by atoms with E-state index in [4.69, 9.17) is 4.74 Å². The van der Waals surface area contributed by atoms with E-state index in [1.54, 1.807) is 53.8 Å². The molecule has 0 saturated carbocycles. The summed E-state index contributed by atoms with van der Waals surface area (Å²) in [6.07, 6.45) is 6.31. The molecular formula is C25H26BrN5O4. The van der Waals surface area contributed by atoms with Crippen LogP contribution in [0.4, 0.5) is 11.4 Å². The largest absolute Gasteiger partial charge is 0.484 e. The summed E-state index contributed by atoms with van der Waals surface area (Å²) in [6, 6.07) is 14.2. The molecule has 9 nitrogen and oxygen atoms in total. The fraction of sp³-hybridized carbons (Fsp3) is 0.280. The Bertz CT molecular complexity index is 1150. The topological polar surface area (TPSA) is 106 Å². The summed E-state index contributed by atoms with van der Waals surface area (Å²) in [4.78, 5) is 42.7. The molecule has 1 saturated heterocycles. The van der Waals surface area contributed by atoms with Gasteiger partial charge in [-0.05, 0) is 55.0 Å². The number of aromatic nitrogens is 2. The average Bonchev–Trinajstić information content (AvgIpc) is 3.52. The van der Waals surface area contributed by atoms with E-state index in [9.17, 15) is 14.4 Å². The van der Waals surface area contributed by atoms with Crippen molar-refractivity contribution in [3.63, 3.8) is 0 Å². The second kappa shape index (κ2) is 11.7. The number of nitrogens with zero attached hydrogens (tertiary/aromatic N) is 3. The van der Waals surface area contributed by atoms with Gasteiger partial charge in [0, 0.05) is 54.3 Å². The van der Waals surface area contributed by atoms with Gasteiger partial charge >= 0.3 is 0 Å². The van der Waals surface area contributed by atoms with E-state index < -0.39 is 0 Å². The molecule has 10 heteroatoms. The molecule has 1 fully saturated rings. The normalized spacial score (nSPS) is 15.2. The number of carbonyl (C=O) groups is 3. The first-order valence-electron chi connectivity index (χ1n) is 11.3. The third-order valence-corrected chi connectivity index (χ3v) is 6.12. The standard InChI is InChI=1S/C25H26BrN5O4/c26-19-2-4-20(5-3-19)29-23(32)16-35-22-8-6-21(7-9-22)31-15-18(14-24(31)33)25(34)28-10-1-12-30-13-11-27-17-30/h2-9,11,13,17-18H,1,10,12,14-16H2,(H,28,34)(H,29,32)/t18-/m1/s1. The molecule has 3 amide bonds. The number of imidazole rings is 1. The number of nitrogens with one attached hydrogen (secondary N) is 2. The Morgan fingerprint density at radius 2 is 1.89 bits per heavy atom. The van der Waals surface area contributed by atoms with Crippen LogP contribution in [0.15, 0.2) is 71.7 Å². The molecule has 1 atom stereocenters. The van der Waals surface area contributed by atoms with E-state index >= 15 is 0 Å². The highest BCUT2D eigenvalue weighted by Gasteiger charge is 2.34. The van der Waals surface area contributed by atoms with Gasteiger partial charge in [-0.15, -0.1) is 0 Å². The number of anilines is 2. The number of hydrogen-bond acceptors (Lipinski definition) is 5. The maximum absolute atomic E-state index is 12.5. The van der Waals surface area contributed by atoms with E-state index in [0.29, 0.717) is 30.2 Å². The summed E-state index contributed by atoms with van der Waals surface area (Å²) >= 11 is 3.35. The van der Waals surface area contributed by atoms with Crippen LogP contribution in [0.3, 0.4) is 0 Å². The van der Waals surface area contributed by atoms with Gasteiger partial charge in [-0.1, -0.05) is 15.9 Å². The highest BCUT2D eigenvalue weighted by molar-refractivity contribution is 9.10. The third kappa shape index (κ3) is 6.92. The predicted molar refractivity (Wildman–Crippen MR) is 135 cm³/mol. The van der Waals surface area contributed by atoms with E-state index in [1.807, 2.05) is 22.9 Å². The van der Waals surface area contributed by atoms with E-state index in [-0.39, 0.29) is 36.7 Å². The van der Waals surface area contributed by atoms with Crippen LogP contribution >= 0.6 is 15.9 Å². The molecule has 0 spiro atoms. The van der Waals surface area contributed by atoms with E-state index in [0.717, 1.165) is 17.4 Å². The van der Waals surface area contributed by atoms with Crippen molar-refractivity contribution in [2.45, 2.75) is 19.4 Å². The monoisotopic (exact) mass is 539 g/mol. The summed E-state index contributed by atoms with van der Waals surface area (Å²) in [5.74, 6) is -0.341. The van der Waals surface area contributed by atoms with Crippen molar-refractivity contribution in [1.82, 2.24) is 14.9 Å². The molecule has 3 aromatic rings. The molecule has 1 aliphatic heterocycles. The van der Waals surface area contributed by atoms with Crippen LogP contribution in [0.1, 0.15) is 12.8 Å².